The number of halogens is 3. The molecule has 0 atom stereocenters. The van der Waals surface area contributed by atoms with Crippen molar-refractivity contribution in [2.45, 2.75) is 4.90 Å². The number of hydrogen-bond acceptors (Lipinski definition) is 2. The summed E-state index contributed by atoms with van der Waals surface area (Å²) in [4.78, 5) is 0.698. The third kappa shape index (κ3) is 4.82. The second-order valence-electron chi connectivity index (χ2n) is 2.73. The second-order valence-corrected chi connectivity index (χ2v) is 4.27. The lowest BCUT2D eigenvalue weighted by Crippen LogP contribution is -1.99. The minimum atomic E-state index is -0.822. The van der Waals surface area contributed by atoms with E-state index >= 15 is 0 Å². The van der Waals surface area contributed by atoms with Gasteiger partial charge in [-0.1, -0.05) is 0 Å². The van der Waals surface area contributed by atoms with Crippen LogP contribution in [-0.2, 0) is 4.74 Å². The van der Waals surface area contributed by atoms with Crippen LogP contribution in [0.4, 0.5) is 8.78 Å². The molecule has 1 aromatic carbocycles. The van der Waals surface area contributed by atoms with Gasteiger partial charge in [0, 0.05) is 16.5 Å². The van der Waals surface area contributed by atoms with Gasteiger partial charge < -0.3 is 4.74 Å². The molecule has 15 heavy (non-hydrogen) atoms. The van der Waals surface area contributed by atoms with Gasteiger partial charge >= 0.3 is 0 Å². The van der Waals surface area contributed by atoms with E-state index < -0.39 is 11.6 Å². The Morgan fingerprint density at radius 1 is 1.20 bits per heavy atom. The third-order valence-corrected chi connectivity index (χ3v) is 2.72. The summed E-state index contributed by atoms with van der Waals surface area (Å²) >= 11 is 6.83. The molecule has 0 unspecified atom stereocenters. The van der Waals surface area contributed by atoms with Gasteiger partial charge in [0.15, 0.2) is 11.6 Å². The Balaban J connectivity index is 2.28. The summed E-state index contributed by atoms with van der Waals surface area (Å²) in [7, 11) is 0. The van der Waals surface area contributed by atoms with E-state index in [1.807, 2.05) is 0 Å². The van der Waals surface area contributed by atoms with E-state index in [2.05, 4.69) is 0 Å². The van der Waals surface area contributed by atoms with Crippen molar-refractivity contribution in [1.82, 2.24) is 0 Å². The summed E-state index contributed by atoms with van der Waals surface area (Å²) in [6, 6.07) is 3.85. The van der Waals surface area contributed by atoms with Gasteiger partial charge in [-0.25, -0.2) is 8.78 Å². The van der Waals surface area contributed by atoms with Crippen LogP contribution in [0.25, 0.3) is 0 Å². The molecule has 0 aromatic heterocycles. The predicted molar refractivity (Wildman–Crippen MR) is 58.6 cm³/mol. The fourth-order valence-corrected chi connectivity index (χ4v) is 1.84. The number of rotatable bonds is 6. The molecule has 0 bridgehead atoms. The lowest BCUT2D eigenvalue weighted by molar-refractivity contribution is 0.166. The van der Waals surface area contributed by atoms with Gasteiger partial charge in [0.25, 0.3) is 0 Å². The van der Waals surface area contributed by atoms with Gasteiger partial charge in [0.05, 0.1) is 13.2 Å². The van der Waals surface area contributed by atoms with E-state index in [0.29, 0.717) is 29.7 Å². The second kappa shape index (κ2) is 7.04. The van der Waals surface area contributed by atoms with E-state index in [1.165, 1.54) is 17.8 Å². The average Bonchev–Trinajstić information content (AvgIpc) is 2.23. The van der Waals surface area contributed by atoms with Gasteiger partial charge in [-0.3, -0.25) is 0 Å². The topological polar surface area (TPSA) is 9.23 Å². The monoisotopic (exact) mass is 252 g/mol. The Morgan fingerprint density at radius 3 is 2.67 bits per heavy atom. The average molecular weight is 253 g/mol. The molecule has 5 heteroatoms. The highest BCUT2D eigenvalue weighted by Gasteiger charge is 2.02. The fraction of sp³-hybridized carbons (Fsp3) is 0.400. The van der Waals surface area contributed by atoms with Crippen LogP contribution in [0.15, 0.2) is 23.1 Å². The number of benzene rings is 1. The minimum absolute atomic E-state index is 0.468. The van der Waals surface area contributed by atoms with Gasteiger partial charge in [0.1, 0.15) is 0 Å². The third-order valence-electron chi connectivity index (χ3n) is 1.61. The fourth-order valence-electron chi connectivity index (χ4n) is 0.942. The van der Waals surface area contributed by atoms with Gasteiger partial charge in [0.2, 0.25) is 0 Å². The molecule has 1 nitrogen and oxygen atoms in total. The Hall–Kier alpha value is -0.320. The molecule has 0 aliphatic heterocycles. The normalized spacial score (nSPS) is 10.6. The minimum Gasteiger partial charge on any atom is -0.379 e. The van der Waals surface area contributed by atoms with Crippen molar-refractivity contribution in [1.29, 1.82) is 0 Å². The molecule has 0 fully saturated rings. The Labute approximate surface area is 96.8 Å². The van der Waals surface area contributed by atoms with Crippen LogP contribution >= 0.6 is 23.4 Å². The highest BCUT2D eigenvalue weighted by Crippen LogP contribution is 2.19. The van der Waals surface area contributed by atoms with Crippen molar-refractivity contribution in [3.05, 3.63) is 29.8 Å². The molecule has 1 aromatic rings. The van der Waals surface area contributed by atoms with Crippen molar-refractivity contribution in [2.24, 2.45) is 0 Å². The van der Waals surface area contributed by atoms with Gasteiger partial charge in [-0.05, 0) is 18.2 Å². The highest BCUT2D eigenvalue weighted by atomic mass is 35.5. The maximum absolute atomic E-state index is 12.8. The standard InChI is InChI=1S/C10H11ClF2OS/c11-3-4-14-5-6-15-8-1-2-9(12)10(13)7-8/h1-2,7H,3-6H2. The molecule has 0 amide bonds. The molecule has 0 saturated carbocycles. The van der Waals surface area contributed by atoms with Crippen LogP contribution < -0.4 is 0 Å². The lowest BCUT2D eigenvalue weighted by atomic mass is 10.3. The first kappa shape index (κ1) is 12.7. The number of ether oxygens (including phenoxy) is 1. The smallest absolute Gasteiger partial charge is 0.159 e. The summed E-state index contributed by atoms with van der Waals surface area (Å²) < 4.78 is 30.5. The van der Waals surface area contributed by atoms with E-state index in [0.717, 1.165) is 6.07 Å². The number of thioether (sulfide) groups is 1. The summed E-state index contributed by atoms with van der Waals surface area (Å²) in [6.07, 6.45) is 0. The van der Waals surface area contributed by atoms with Crippen molar-refractivity contribution in [3.63, 3.8) is 0 Å². The maximum atomic E-state index is 12.8. The van der Waals surface area contributed by atoms with Gasteiger partial charge in [-0.2, -0.15) is 0 Å². The van der Waals surface area contributed by atoms with E-state index in [9.17, 15) is 8.78 Å². The molecule has 84 valence electrons. The maximum Gasteiger partial charge on any atom is 0.159 e. The molecule has 0 heterocycles. The highest BCUT2D eigenvalue weighted by molar-refractivity contribution is 7.99. The molecule has 0 radical (unpaired) electrons. The summed E-state index contributed by atoms with van der Waals surface area (Å²) in [6.45, 7) is 1.07. The van der Waals surface area contributed by atoms with Crippen LogP contribution in [-0.4, -0.2) is 24.8 Å². The van der Waals surface area contributed by atoms with E-state index in [1.54, 1.807) is 6.07 Å². The van der Waals surface area contributed by atoms with Crippen LogP contribution in [0.3, 0.4) is 0 Å². The first-order chi connectivity index (χ1) is 7.24. The zero-order chi connectivity index (χ0) is 11.1. The molecular weight excluding hydrogens is 242 g/mol. The summed E-state index contributed by atoms with van der Waals surface area (Å²) in [5.74, 6) is -0.475. The number of hydrogen-bond donors (Lipinski definition) is 0. The largest absolute Gasteiger partial charge is 0.379 e. The van der Waals surface area contributed by atoms with Crippen molar-refractivity contribution in [3.8, 4) is 0 Å². The lowest BCUT2D eigenvalue weighted by Gasteiger charge is -2.02. The molecule has 0 saturated heterocycles. The Morgan fingerprint density at radius 2 is 2.00 bits per heavy atom. The first-order valence-corrected chi connectivity index (χ1v) is 5.97. The van der Waals surface area contributed by atoms with Crippen LogP contribution in [0.2, 0.25) is 0 Å². The zero-order valence-electron chi connectivity index (χ0n) is 8.01. The molecule has 0 spiro atoms. The summed E-state index contributed by atoms with van der Waals surface area (Å²) in [5.41, 5.74) is 0. The van der Waals surface area contributed by atoms with Crippen LogP contribution in [0, 0.1) is 11.6 Å². The quantitative estimate of drug-likeness (QED) is 0.436. The molecule has 1 rings (SSSR count). The van der Waals surface area contributed by atoms with Crippen molar-refractivity contribution < 1.29 is 13.5 Å². The summed E-state index contributed by atoms with van der Waals surface area (Å²) in [5, 5.41) is 0. The van der Waals surface area contributed by atoms with Crippen molar-refractivity contribution >= 4 is 23.4 Å². The SMILES string of the molecule is Fc1ccc(SCCOCCCl)cc1F. The van der Waals surface area contributed by atoms with Crippen LogP contribution in [0.5, 0.6) is 0 Å². The zero-order valence-corrected chi connectivity index (χ0v) is 9.58. The van der Waals surface area contributed by atoms with E-state index in [-0.39, 0.29) is 0 Å². The van der Waals surface area contributed by atoms with Crippen molar-refractivity contribution in [2.75, 3.05) is 24.8 Å². The predicted octanol–water partition coefficient (Wildman–Crippen LogP) is 3.31. The Kier molecular flexibility index (Phi) is 5.98. The Bertz CT molecular complexity index is 309. The number of alkyl halides is 1. The van der Waals surface area contributed by atoms with E-state index in [4.69, 9.17) is 16.3 Å². The molecule has 0 aliphatic rings. The molecule has 0 N–H and O–H groups in total. The molecular formula is C10H11ClF2OS. The molecule has 0 aliphatic carbocycles. The first-order valence-electron chi connectivity index (χ1n) is 4.45. The van der Waals surface area contributed by atoms with Crippen LogP contribution in [0.1, 0.15) is 0 Å². The van der Waals surface area contributed by atoms with Gasteiger partial charge in [-0.15, -0.1) is 23.4 Å².